The van der Waals surface area contributed by atoms with Gasteiger partial charge in [0.15, 0.2) is 0 Å². The monoisotopic (exact) mass is 450 g/mol. The van der Waals surface area contributed by atoms with Gasteiger partial charge in [-0.1, -0.05) is 41.2 Å². The highest BCUT2D eigenvalue weighted by atomic mass is 32.1. The van der Waals surface area contributed by atoms with Gasteiger partial charge in [-0.3, -0.25) is 19.7 Å². The maximum Gasteiger partial charge on any atom is 0.324 e. The molecule has 2 amide bonds. The molecule has 162 valence electrons. The average Bonchev–Trinajstić information content (AvgIpc) is 3.42. The van der Waals surface area contributed by atoms with Gasteiger partial charge in [-0.15, -0.1) is 5.10 Å². The molecule has 0 aliphatic carbocycles. The molecule has 1 N–H and O–H groups in total. The number of hydrazone groups is 1. The van der Waals surface area contributed by atoms with Gasteiger partial charge in [0.05, 0.1) is 9.80 Å². The van der Waals surface area contributed by atoms with E-state index < -0.39 is 11.2 Å². The summed E-state index contributed by atoms with van der Waals surface area (Å²) in [5, 5.41) is 19.1. The van der Waals surface area contributed by atoms with Crippen molar-refractivity contribution in [1.82, 2.24) is 5.01 Å². The van der Waals surface area contributed by atoms with Crippen molar-refractivity contribution in [2.75, 3.05) is 5.32 Å². The fraction of sp³-hybridized carbons (Fsp3) is 0.136. The van der Waals surface area contributed by atoms with E-state index in [2.05, 4.69) is 10.4 Å². The third-order valence-electron chi connectivity index (χ3n) is 4.68. The molecule has 0 saturated heterocycles. The van der Waals surface area contributed by atoms with E-state index in [-0.39, 0.29) is 22.7 Å². The molecular weight excluding hydrogens is 432 g/mol. The lowest BCUT2D eigenvalue weighted by molar-refractivity contribution is -0.380. The summed E-state index contributed by atoms with van der Waals surface area (Å²) in [6.45, 7) is 3.27. The van der Waals surface area contributed by atoms with Gasteiger partial charge in [0.2, 0.25) is 12.1 Å². The number of benzene rings is 2. The van der Waals surface area contributed by atoms with E-state index >= 15 is 0 Å². The summed E-state index contributed by atoms with van der Waals surface area (Å²) in [5.41, 5.74) is 2.77. The molecule has 1 atom stereocenters. The zero-order valence-electron chi connectivity index (χ0n) is 17.1. The predicted octanol–water partition coefficient (Wildman–Crippen LogP) is 4.46. The Hall–Kier alpha value is -4.05. The number of amides is 2. The number of ether oxygens (including phenoxy) is 1. The van der Waals surface area contributed by atoms with Gasteiger partial charge in [-0.05, 0) is 37.3 Å². The number of nitrogens with one attached hydrogen (secondary N) is 1. The van der Waals surface area contributed by atoms with Crippen molar-refractivity contribution in [1.29, 1.82) is 0 Å². The minimum absolute atomic E-state index is 0.0437. The summed E-state index contributed by atoms with van der Waals surface area (Å²) in [4.78, 5) is 35.4. The molecule has 0 radical (unpaired) electrons. The standard InChI is InChI=1S/C22H18N4O5S/c1-13-4-3-5-16(12-13)20(28)23-17-8-6-15(7-9-17)22-25(14(2)27)24-21(31-22)18-10-11-19(32-18)26(29)30/h3-12,22H,1-2H3,(H,23,28). The molecule has 0 bridgehead atoms. The molecule has 32 heavy (non-hydrogen) atoms. The Morgan fingerprint density at radius 2 is 1.91 bits per heavy atom. The smallest absolute Gasteiger partial charge is 0.324 e. The van der Waals surface area contributed by atoms with Gasteiger partial charge in [-0.2, -0.15) is 5.01 Å². The van der Waals surface area contributed by atoms with E-state index in [0.29, 0.717) is 21.7 Å². The van der Waals surface area contributed by atoms with E-state index in [4.69, 9.17) is 4.74 Å². The second kappa shape index (κ2) is 8.60. The highest BCUT2D eigenvalue weighted by Crippen LogP contribution is 2.34. The van der Waals surface area contributed by atoms with Gasteiger partial charge in [0.25, 0.3) is 11.8 Å². The third kappa shape index (κ3) is 4.35. The SMILES string of the molecule is CC(=O)N1N=C(c2ccc([N+](=O)[O-])s2)OC1c1ccc(NC(=O)c2cccc(C)c2)cc1. The van der Waals surface area contributed by atoms with Crippen LogP contribution in [0.2, 0.25) is 0 Å². The van der Waals surface area contributed by atoms with Crippen LogP contribution >= 0.6 is 11.3 Å². The van der Waals surface area contributed by atoms with Crippen LogP contribution in [0.3, 0.4) is 0 Å². The molecule has 1 aliphatic rings. The highest BCUT2D eigenvalue weighted by molar-refractivity contribution is 7.17. The molecule has 9 nitrogen and oxygen atoms in total. The molecule has 0 fully saturated rings. The summed E-state index contributed by atoms with van der Waals surface area (Å²) in [6, 6.07) is 17.0. The largest absolute Gasteiger partial charge is 0.445 e. The van der Waals surface area contributed by atoms with Crippen LogP contribution in [0.1, 0.15) is 39.5 Å². The maximum absolute atomic E-state index is 12.4. The number of hydrogen-bond donors (Lipinski definition) is 1. The molecule has 3 aromatic rings. The molecule has 2 aromatic carbocycles. The van der Waals surface area contributed by atoms with Crippen molar-refractivity contribution in [3.8, 4) is 0 Å². The van der Waals surface area contributed by atoms with Crippen molar-refractivity contribution < 1.29 is 19.2 Å². The van der Waals surface area contributed by atoms with Crippen LogP contribution in [-0.2, 0) is 9.53 Å². The Morgan fingerprint density at radius 3 is 2.53 bits per heavy atom. The van der Waals surface area contributed by atoms with Crippen LogP contribution in [-0.4, -0.2) is 27.6 Å². The molecule has 1 unspecified atom stereocenters. The number of anilines is 1. The van der Waals surface area contributed by atoms with E-state index in [1.54, 1.807) is 36.4 Å². The van der Waals surface area contributed by atoms with E-state index in [1.165, 1.54) is 24.1 Å². The van der Waals surface area contributed by atoms with Crippen molar-refractivity contribution in [3.05, 3.63) is 92.3 Å². The number of nitro groups is 1. The highest BCUT2D eigenvalue weighted by Gasteiger charge is 2.34. The van der Waals surface area contributed by atoms with Gasteiger partial charge in [-0.25, -0.2) is 0 Å². The summed E-state index contributed by atoms with van der Waals surface area (Å²) < 4.78 is 5.86. The third-order valence-corrected chi connectivity index (χ3v) is 5.71. The normalized spacial score (nSPS) is 15.1. The second-order valence-electron chi connectivity index (χ2n) is 7.08. The molecule has 1 aromatic heterocycles. The van der Waals surface area contributed by atoms with Crippen LogP contribution < -0.4 is 5.32 Å². The number of rotatable bonds is 5. The Bertz CT molecular complexity index is 1240. The van der Waals surface area contributed by atoms with Crippen LogP contribution in [0.25, 0.3) is 0 Å². The van der Waals surface area contributed by atoms with E-state index in [1.807, 2.05) is 19.1 Å². The van der Waals surface area contributed by atoms with Crippen molar-refractivity contribution >= 4 is 39.7 Å². The molecule has 4 rings (SSSR count). The number of carbonyl (C=O) groups excluding carboxylic acids is 2. The fourth-order valence-corrected chi connectivity index (χ4v) is 3.89. The lowest BCUT2D eigenvalue weighted by atomic mass is 10.1. The zero-order chi connectivity index (χ0) is 22.8. The molecule has 0 spiro atoms. The van der Waals surface area contributed by atoms with Crippen LogP contribution in [0.4, 0.5) is 10.7 Å². The number of aryl methyl sites for hydroxylation is 1. The molecule has 0 saturated carbocycles. The summed E-state index contributed by atoms with van der Waals surface area (Å²) in [5.74, 6) is -0.429. The zero-order valence-corrected chi connectivity index (χ0v) is 18.0. The number of carbonyl (C=O) groups is 2. The van der Waals surface area contributed by atoms with Crippen molar-refractivity contribution in [2.24, 2.45) is 5.10 Å². The van der Waals surface area contributed by atoms with Gasteiger partial charge in [0, 0.05) is 29.8 Å². The first-order valence-corrected chi connectivity index (χ1v) is 10.4. The molecular formula is C22H18N4O5S. The Labute approximate surface area is 187 Å². The number of nitrogens with zero attached hydrogens (tertiary/aromatic N) is 3. The van der Waals surface area contributed by atoms with Crippen LogP contribution in [0.15, 0.2) is 65.8 Å². The van der Waals surface area contributed by atoms with E-state index in [9.17, 15) is 19.7 Å². The van der Waals surface area contributed by atoms with Crippen molar-refractivity contribution in [3.63, 3.8) is 0 Å². The quantitative estimate of drug-likeness (QED) is 0.455. The number of thiophene rings is 1. The van der Waals surface area contributed by atoms with Crippen LogP contribution in [0, 0.1) is 17.0 Å². The van der Waals surface area contributed by atoms with Crippen molar-refractivity contribution in [2.45, 2.75) is 20.1 Å². The maximum atomic E-state index is 12.4. The summed E-state index contributed by atoms with van der Waals surface area (Å²) in [7, 11) is 0. The first kappa shape index (κ1) is 21.2. The topological polar surface area (TPSA) is 114 Å². The number of hydrogen-bond acceptors (Lipinski definition) is 7. The second-order valence-corrected chi connectivity index (χ2v) is 8.14. The Morgan fingerprint density at radius 1 is 1.16 bits per heavy atom. The average molecular weight is 450 g/mol. The lowest BCUT2D eigenvalue weighted by Crippen LogP contribution is -2.25. The molecule has 2 heterocycles. The van der Waals surface area contributed by atoms with Gasteiger partial charge in [0.1, 0.15) is 0 Å². The van der Waals surface area contributed by atoms with Crippen LogP contribution in [0.5, 0.6) is 0 Å². The van der Waals surface area contributed by atoms with E-state index in [0.717, 1.165) is 16.9 Å². The fourth-order valence-electron chi connectivity index (χ4n) is 3.14. The Balaban J connectivity index is 1.50. The predicted molar refractivity (Wildman–Crippen MR) is 119 cm³/mol. The first-order chi connectivity index (χ1) is 15.3. The molecule has 10 heteroatoms. The lowest BCUT2D eigenvalue weighted by Gasteiger charge is -2.19. The van der Waals surface area contributed by atoms with Gasteiger partial charge >= 0.3 is 5.00 Å². The summed E-state index contributed by atoms with van der Waals surface area (Å²) in [6.07, 6.45) is -0.815. The van der Waals surface area contributed by atoms with Gasteiger partial charge < -0.3 is 10.1 Å². The minimum atomic E-state index is -0.815. The minimum Gasteiger partial charge on any atom is -0.445 e. The molecule has 1 aliphatic heterocycles. The first-order valence-electron chi connectivity index (χ1n) is 9.59. The Kier molecular flexibility index (Phi) is 5.69. The summed E-state index contributed by atoms with van der Waals surface area (Å²) >= 11 is 0.917.